The van der Waals surface area contributed by atoms with E-state index in [-0.39, 0.29) is 12.3 Å². The topological polar surface area (TPSA) is 54.4 Å². The molecule has 130 valence electrons. The van der Waals surface area contributed by atoms with Gasteiger partial charge in [-0.25, -0.2) is 0 Å². The van der Waals surface area contributed by atoms with E-state index in [0.29, 0.717) is 18.1 Å². The maximum absolute atomic E-state index is 12.1. The second-order valence-corrected chi connectivity index (χ2v) is 6.97. The predicted octanol–water partition coefficient (Wildman–Crippen LogP) is 5.37. The lowest BCUT2D eigenvalue weighted by molar-refractivity contribution is -0.137. The summed E-state index contributed by atoms with van der Waals surface area (Å²) in [6.45, 7) is 0. The first-order valence-electron chi connectivity index (χ1n) is 8.74. The molecule has 3 nitrogen and oxygen atoms in total. The van der Waals surface area contributed by atoms with Crippen LogP contribution >= 0.6 is 11.6 Å². The van der Waals surface area contributed by atoms with Crippen LogP contribution < -0.4 is 0 Å². The third kappa shape index (κ3) is 6.12. The second kappa shape index (κ2) is 9.63. The lowest BCUT2D eigenvalue weighted by Gasteiger charge is -2.14. The first kappa shape index (κ1) is 18.7. The molecule has 0 spiro atoms. The SMILES string of the molecule is O=C(O)CCCCCCC1C(=O)CCC1/C=C/c1cccc(Cl)c1. The van der Waals surface area contributed by atoms with E-state index in [1.165, 1.54) is 0 Å². The zero-order valence-corrected chi connectivity index (χ0v) is 14.7. The Bertz CT molecular complexity index is 594. The maximum Gasteiger partial charge on any atom is 0.303 e. The summed E-state index contributed by atoms with van der Waals surface area (Å²) in [5.74, 6) is 0.0869. The Balaban J connectivity index is 1.79. The van der Waals surface area contributed by atoms with Crippen molar-refractivity contribution >= 4 is 29.4 Å². The zero-order valence-electron chi connectivity index (χ0n) is 13.9. The summed E-state index contributed by atoms with van der Waals surface area (Å²) >= 11 is 6.00. The van der Waals surface area contributed by atoms with Crippen molar-refractivity contribution in [2.24, 2.45) is 11.8 Å². The lowest BCUT2D eigenvalue weighted by Crippen LogP contribution is -2.13. The van der Waals surface area contributed by atoms with Crippen LogP contribution in [0.4, 0.5) is 0 Å². The van der Waals surface area contributed by atoms with Crippen LogP contribution in [-0.4, -0.2) is 16.9 Å². The van der Waals surface area contributed by atoms with Gasteiger partial charge in [-0.1, -0.05) is 55.1 Å². The Morgan fingerprint density at radius 3 is 2.79 bits per heavy atom. The second-order valence-electron chi connectivity index (χ2n) is 6.54. The normalized spacial score (nSPS) is 20.8. The number of carbonyl (C=O) groups is 2. The molecule has 2 atom stereocenters. The summed E-state index contributed by atoms with van der Waals surface area (Å²) in [5, 5.41) is 9.34. The minimum atomic E-state index is -0.729. The van der Waals surface area contributed by atoms with E-state index in [2.05, 4.69) is 12.2 Å². The van der Waals surface area contributed by atoms with Crippen LogP contribution in [0.15, 0.2) is 30.3 Å². The van der Waals surface area contributed by atoms with Crippen molar-refractivity contribution in [1.82, 2.24) is 0 Å². The van der Waals surface area contributed by atoms with Crippen LogP contribution in [0.5, 0.6) is 0 Å². The van der Waals surface area contributed by atoms with Crippen molar-refractivity contribution in [2.45, 2.75) is 51.4 Å². The number of ketones is 1. The van der Waals surface area contributed by atoms with Gasteiger partial charge in [0.2, 0.25) is 0 Å². The number of carboxylic acids is 1. The maximum atomic E-state index is 12.1. The van der Waals surface area contributed by atoms with Crippen molar-refractivity contribution in [1.29, 1.82) is 0 Å². The smallest absolute Gasteiger partial charge is 0.303 e. The fraction of sp³-hybridized carbons (Fsp3) is 0.500. The average Bonchev–Trinajstić information content (AvgIpc) is 2.89. The van der Waals surface area contributed by atoms with Gasteiger partial charge in [0.05, 0.1) is 0 Å². The van der Waals surface area contributed by atoms with Crippen molar-refractivity contribution in [3.63, 3.8) is 0 Å². The van der Waals surface area contributed by atoms with Crippen molar-refractivity contribution in [3.05, 3.63) is 40.9 Å². The van der Waals surface area contributed by atoms with Gasteiger partial charge in [0, 0.05) is 23.8 Å². The van der Waals surface area contributed by atoms with Crippen LogP contribution in [0.3, 0.4) is 0 Å². The Hall–Kier alpha value is -1.61. The Labute approximate surface area is 148 Å². The number of halogens is 1. The van der Waals surface area contributed by atoms with Crippen LogP contribution in [0.25, 0.3) is 6.08 Å². The minimum Gasteiger partial charge on any atom is -0.481 e. The average molecular weight is 349 g/mol. The highest BCUT2D eigenvalue weighted by Crippen LogP contribution is 2.34. The van der Waals surface area contributed by atoms with E-state index < -0.39 is 5.97 Å². The molecule has 2 unspecified atom stereocenters. The number of rotatable bonds is 9. The standard InChI is InChI=1S/C20H25ClO3/c21-17-7-5-6-15(14-17)10-11-16-12-13-19(22)18(16)8-3-1-2-4-9-20(23)24/h5-7,10-11,14,16,18H,1-4,8-9,12-13H2,(H,23,24)/b11-10+. The van der Waals surface area contributed by atoms with Gasteiger partial charge in [-0.2, -0.15) is 0 Å². The number of aliphatic carboxylic acids is 1. The van der Waals surface area contributed by atoms with E-state index in [0.717, 1.165) is 49.1 Å². The van der Waals surface area contributed by atoms with Crippen LogP contribution in [0.2, 0.25) is 5.02 Å². The largest absolute Gasteiger partial charge is 0.481 e. The molecule has 1 fully saturated rings. The number of Topliss-reactive ketones (excluding diaryl/α,β-unsaturated/α-hetero) is 1. The zero-order chi connectivity index (χ0) is 17.4. The highest BCUT2D eigenvalue weighted by Gasteiger charge is 2.32. The van der Waals surface area contributed by atoms with Gasteiger partial charge in [-0.3, -0.25) is 9.59 Å². The number of carboxylic acid groups (broad SMARTS) is 1. The molecule has 0 radical (unpaired) electrons. The Morgan fingerprint density at radius 1 is 1.25 bits per heavy atom. The Morgan fingerprint density at radius 2 is 2.04 bits per heavy atom. The van der Waals surface area contributed by atoms with Gasteiger partial charge in [0.15, 0.2) is 0 Å². The fourth-order valence-electron chi connectivity index (χ4n) is 3.38. The van der Waals surface area contributed by atoms with Crippen LogP contribution in [0.1, 0.15) is 56.9 Å². The van der Waals surface area contributed by atoms with E-state index in [1.807, 2.05) is 24.3 Å². The highest BCUT2D eigenvalue weighted by atomic mass is 35.5. The molecule has 0 saturated heterocycles. The van der Waals surface area contributed by atoms with E-state index in [1.54, 1.807) is 0 Å². The molecule has 4 heteroatoms. The molecule has 0 bridgehead atoms. The summed E-state index contributed by atoms with van der Waals surface area (Å²) in [5.41, 5.74) is 1.06. The third-order valence-electron chi connectivity index (χ3n) is 4.69. The predicted molar refractivity (Wildman–Crippen MR) is 97.0 cm³/mol. The first-order chi connectivity index (χ1) is 11.6. The summed E-state index contributed by atoms with van der Waals surface area (Å²) in [6, 6.07) is 7.71. The minimum absolute atomic E-state index is 0.125. The first-order valence-corrected chi connectivity index (χ1v) is 9.12. The molecule has 2 rings (SSSR count). The number of allylic oxidation sites excluding steroid dienone is 1. The summed E-state index contributed by atoms with van der Waals surface area (Å²) in [4.78, 5) is 22.6. The van der Waals surface area contributed by atoms with Gasteiger partial charge in [-0.05, 0) is 42.9 Å². The molecular weight excluding hydrogens is 324 g/mol. The molecule has 1 aliphatic rings. The van der Waals surface area contributed by atoms with E-state index in [4.69, 9.17) is 16.7 Å². The number of carbonyl (C=O) groups excluding carboxylic acids is 1. The van der Waals surface area contributed by atoms with Crippen molar-refractivity contribution < 1.29 is 14.7 Å². The number of benzene rings is 1. The molecular formula is C20H25ClO3. The molecule has 0 aromatic heterocycles. The monoisotopic (exact) mass is 348 g/mol. The molecule has 24 heavy (non-hydrogen) atoms. The molecule has 1 aliphatic carbocycles. The van der Waals surface area contributed by atoms with Gasteiger partial charge in [0.1, 0.15) is 5.78 Å². The Kier molecular flexibility index (Phi) is 7.51. The van der Waals surface area contributed by atoms with Crippen molar-refractivity contribution in [3.8, 4) is 0 Å². The number of unbranched alkanes of at least 4 members (excludes halogenated alkanes) is 3. The molecule has 1 aromatic rings. The van der Waals surface area contributed by atoms with Crippen molar-refractivity contribution in [2.75, 3.05) is 0 Å². The number of hydrogen-bond acceptors (Lipinski definition) is 2. The van der Waals surface area contributed by atoms with Crippen LogP contribution in [0, 0.1) is 11.8 Å². The van der Waals surface area contributed by atoms with Crippen LogP contribution in [-0.2, 0) is 9.59 Å². The van der Waals surface area contributed by atoms with E-state index >= 15 is 0 Å². The third-order valence-corrected chi connectivity index (χ3v) is 4.93. The molecule has 1 N–H and O–H groups in total. The molecule has 1 saturated carbocycles. The molecule has 0 amide bonds. The summed E-state index contributed by atoms with van der Waals surface area (Å²) in [6.07, 6.45) is 10.6. The highest BCUT2D eigenvalue weighted by molar-refractivity contribution is 6.30. The summed E-state index contributed by atoms with van der Waals surface area (Å²) < 4.78 is 0. The quantitative estimate of drug-likeness (QED) is 0.610. The molecule has 0 heterocycles. The van der Waals surface area contributed by atoms with Gasteiger partial charge < -0.3 is 5.11 Å². The number of hydrogen-bond donors (Lipinski definition) is 1. The van der Waals surface area contributed by atoms with Gasteiger partial charge in [-0.15, -0.1) is 0 Å². The summed E-state index contributed by atoms with van der Waals surface area (Å²) in [7, 11) is 0. The lowest BCUT2D eigenvalue weighted by atomic mass is 9.89. The van der Waals surface area contributed by atoms with E-state index in [9.17, 15) is 9.59 Å². The fourth-order valence-corrected chi connectivity index (χ4v) is 3.58. The molecule has 0 aliphatic heterocycles. The van der Waals surface area contributed by atoms with Gasteiger partial charge in [0.25, 0.3) is 0 Å². The molecule has 1 aromatic carbocycles. The van der Waals surface area contributed by atoms with Gasteiger partial charge >= 0.3 is 5.97 Å².